The van der Waals surface area contributed by atoms with Crippen LogP contribution in [0.25, 0.3) is 0 Å². The van der Waals surface area contributed by atoms with Crippen LogP contribution in [0.5, 0.6) is 0 Å². The zero-order valence-electron chi connectivity index (χ0n) is 57.9. The monoisotopic (exact) mass is 1670 g/mol. The molecule has 0 unspecified atom stereocenters. The van der Waals surface area contributed by atoms with E-state index in [1.54, 1.807) is 60.7 Å². The third-order valence-corrected chi connectivity index (χ3v) is 21.0. The SMILES string of the molecule is O=S(=O)([O-])O[C@@H]([C@H](O)[C@@H](O)CO)[C@H](O)C[C+]1C[C@@H](O)[C@H](O)[C@H]1CO.O=S(=O)([O-])O[C@@H]1[C@H](O)[C@@H](O)[C@H](OCc2ccccc2)O[C@@H]1C[C+]1C[C@@H](O)[C@H](O)[C@H]1CO.O=S(=O)([O-])O[C@H]([C@H](O)[C@@H](O)CO)[C@H](O)C[C+]1C[C@@H](O)[C@H](O)[C@H]1CO.O=S(=O)([O-])O[C@H]1[C@H](O)[C@@H](O)[C@H](OCc2ccccc2)O[C@@H]1C[C+]1C[C@@H](O)[C@H](O)[C@H]1CO. The van der Waals surface area contributed by atoms with Gasteiger partial charge in [-0.1, -0.05) is 60.7 Å². The number of benzene rings is 2. The van der Waals surface area contributed by atoms with Crippen LogP contribution >= 0.6 is 0 Å². The van der Waals surface area contributed by atoms with Gasteiger partial charge in [0.25, 0.3) is 0 Å². The molecular formula is C62H96O44S4. The van der Waals surface area contributed by atoms with Gasteiger partial charge in [-0.3, -0.25) is 16.7 Å². The molecule has 0 bridgehead atoms. The molecule has 0 amide bonds. The Morgan fingerprint density at radius 1 is 0.382 bits per heavy atom. The maximum atomic E-state index is 11.2. The Morgan fingerprint density at radius 3 is 0.909 bits per heavy atom. The first-order chi connectivity index (χ1) is 51.2. The van der Waals surface area contributed by atoms with E-state index in [1.807, 2.05) is 0 Å². The van der Waals surface area contributed by atoms with E-state index in [9.17, 15) is 164 Å². The predicted molar refractivity (Wildman–Crippen MR) is 353 cm³/mol. The second-order valence-corrected chi connectivity index (χ2v) is 30.8. The summed E-state index contributed by atoms with van der Waals surface area (Å²) < 4.78 is 171. The summed E-state index contributed by atoms with van der Waals surface area (Å²) in [6.07, 6.45) is -42.8. The van der Waals surface area contributed by atoms with Crippen LogP contribution in [0.1, 0.15) is 62.5 Å². The molecule has 2 aliphatic heterocycles. The van der Waals surface area contributed by atoms with E-state index in [4.69, 9.17) is 29.2 Å². The Morgan fingerprint density at radius 2 is 0.655 bits per heavy atom. The van der Waals surface area contributed by atoms with Crippen LogP contribution in [0.4, 0.5) is 0 Å². The van der Waals surface area contributed by atoms with Gasteiger partial charge in [0.15, 0.2) is 36.3 Å². The van der Waals surface area contributed by atoms with Gasteiger partial charge in [0.2, 0.25) is 41.6 Å². The van der Waals surface area contributed by atoms with Gasteiger partial charge in [-0.15, -0.1) is 0 Å². The van der Waals surface area contributed by atoms with E-state index in [0.29, 0.717) is 11.8 Å². The van der Waals surface area contributed by atoms with Gasteiger partial charge < -0.3 is 160 Å². The van der Waals surface area contributed by atoms with E-state index in [-0.39, 0.29) is 63.6 Å². The van der Waals surface area contributed by atoms with Crippen molar-refractivity contribution in [2.45, 2.75) is 224 Å². The molecule has 2 heterocycles. The van der Waals surface area contributed by atoms with Gasteiger partial charge in [0, 0.05) is 0 Å². The number of aliphatic hydroxyl groups is 24. The second-order valence-electron chi connectivity index (χ2n) is 26.8. The Kier molecular flexibility index (Phi) is 38.3. The summed E-state index contributed by atoms with van der Waals surface area (Å²) >= 11 is 0. The molecule has 44 nitrogen and oxygen atoms in total. The standard InChI is InChI=1S/2C19H26O11S.2C12H22O11S/c2*20-8-12-11(6-13(21)15(12)22)7-14-18(30-31(25,26)27)16(23)17(24)19(29-14)28-9-10-4-2-1-3-5-10;2*13-3-6-5(1-7(15)10(6)18)2-8(16)12(23-24(20,21)22)11(19)9(17)4-14/h2*1-5,12-24H,6-9H2;2*6-19H,1-4H2/t12-,13+,14+,15+,16+,17+,18+,19+;12-,13+,14+,15+,16+,17+,18-,19+;6-,7+,8+,9-,10+,11+,12+;6-,7+,8+,9-,10+,11+,12-/m0000/s1. The van der Waals surface area contributed by atoms with Crippen LogP contribution in [-0.2, 0) is 90.5 Å². The van der Waals surface area contributed by atoms with Crippen molar-refractivity contribution in [1.82, 2.24) is 0 Å². The van der Waals surface area contributed by atoms with Crippen LogP contribution in [0.2, 0.25) is 0 Å². The van der Waals surface area contributed by atoms with Gasteiger partial charge in [0.05, 0.1) is 52.9 Å². The maximum absolute atomic E-state index is 11.2. The van der Waals surface area contributed by atoms with Crippen LogP contribution in [0.3, 0.4) is 0 Å². The van der Waals surface area contributed by atoms with Gasteiger partial charge in [-0.05, 0) is 11.1 Å². The molecule has 30 atom stereocenters. The lowest BCUT2D eigenvalue weighted by Gasteiger charge is -2.41. The molecule has 4 saturated carbocycles. The number of ether oxygens (including phenoxy) is 4. The lowest BCUT2D eigenvalue weighted by molar-refractivity contribution is -0.296. The van der Waals surface area contributed by atoms with Crippen molar-refractivity contribution in [2.24, 2.45) is 23.7 Å². The highest BCUT2D eigenvalue weighted by Crippen LogP contribution is 2.44. The molecule has 0 spiro atoms. The third-order valence-electron chi connectivity index (χ3n) is 19.2. The molecule has 6 aliphatic rings. The topological polar surface area (TPSA) is 788 Å². The molecular weight excluding hydrogens is 1580 g/mol. The molecule has 24 N–H and O–H groups in total. The molecule has 0 radical (unpaired) electrons. The molecule has 110 heavy (non-hydrogen) atoms. The fraction of sp³-hybridized carbons (Fsp3) is 0.742. The highest BCUT2D eigenvalue weighted by atomic mass is 32.3. The molecule has 2 saturated heterocycles. The normalized spacial score (nSPS) is 33.8. The number of hydrogen-bond acceptors (Lipinski definition) is 44. The summed E-state index contributed by atoms with van der Waals surface area (Å²) in [5, 5.41) is 233. The Labute approximate surface area is 631 Å². The van der Waals surface area contributed by atoms with E-state index in [2.05, 4.69) is 16.7 Å². The summed E-state index contributed by atoms with van der Waals surface area (Å²) in [6.45, 7) is -4.00. The summed E-state index contributed by atoms with van der Waals surface area (Å²) in [5.74, 6) is -1.98. The second kappa shape index (κ2) is 43.5. The molecule has 2 aromatic rings. The molecule has 48 heteroatoms. The van der Waals surface area contributed by atoms with Crippen LogP contribution in [0, 0.1) is 47.3 Å². The van der Waals surface area contributed by atoms with Gasteiger partial charge in [-0.2, -0.15) is 0 Å². The van der Waals surface area contributed by atoms with Gasteiger partial charge in [-0.25, -0.2) is 33.7 Å². The smallest absolute Gasteiger partial charge is 0.218 e. The average molecular weight is 1670 g/mol. The highest BCUT2D eigenvalue weighted by Gasteiger charge is 2.59. The van der Waals surface area contributed by atoms with Crippen molar-refractivity contribution in [3.05, 3.63) is 95.5 Å². The van der Waals surface area contributed by atoms with Crippen molar-refractivity contribution < 1.29 is 210 Å². The predicted octanol–water partition coefficient (Wildman–Crippen LogP) is -12.4. The fourth-order valence-electron chi connectivity index (χ4n) is 13.4. The first-order valence-corrected chi connectivity index (χ1v) is 39.0. The Hall–Kier alpha value is -3.72. The Bertz CT molecular complexity index is 3230. The average Bonchev–Trinajstić information content (AvgIpc) is 1.16. The zero-order chi connectivity index (χ0) is 82.8. The highest BCUT2D eigenvalue weighted by molar-refractivity contribution is 7.81. The van der Waals surface area contributed by atoms with E-state index in [0.717, 1.165) is 11.1 Å². The van der Waals surface area contributed by atoms with Crippen molar-refractivity contribution in [3.63, 3.8) is 0 Å². The molecule has 4 aliphatic carbocycles. The van der Waals surface area contributed by atoms with Crippen molar-refractivity contribution in [3.8, 4) is 0 Å². The van der Waals surface area contributed by atoms with Crippen LogP contribution < -0.4 is 0 Å². The molecule has 2 aromatic carbocycles. The fourth-order valence-corrected chi connectivity index (χ4v) is 15.5. The zero-order valence-corrected chi connectivity index (χ0v) is 61.2. The minimum atomic E-state index is -5.35. The first kappa shape index (κ1) is 96.9. The summed E-state index contributed by atoms with van der Waals surface area (Å²) in [6, 6.07) is 17.8. The van der Waals surface area contributed by atoms with Gasteiger partial charge >= 0.3 is 0 Å². The summed E-state index contributed by atoms with van der Waals surface area (Å²) in [5.41, 5.74) is 1.50. The molecule has 632 valence electrons. The Balaban J connectivity index is 0.000000265. The van der Waals surface area contributed by atoms with Crippen molar-refractivity contribution in [2.75, 3.05) is 39.6 Å². The van der Waals surface area contributed by atoms with Crippen molar-refractivity contribution in [1.29, 1.82) is 0 Å². The van der Waals surface area contributed by atoms with E-state index < -0.39 is 277 Å². The molecule has 8 rings (SSSR count). The first-order valence-electron chi connectivity index (χ1n) is 33.7. The minimum Gasteiger partial charge on any atom is -0.726 e. The van der Waals surface area contributed by atoms with E-state index >= 15 is 0 Å². The number of hydrogen-bond donors (Lipinski definition) is 24. The minimum absolute atomic E-state index is 0.00269. The van der Waals surface area contributed by atoms with Crippen LogP contribution in [0.15, 0.2) is 60.7 Å². The molecule has 0 aromatic heterocycles. The summed E-state index contributed by atoms with van der Waals surface area (Å²) in [4.78, 5) is 0. The number of aliphatic hydroxyl groups excluding tert-OH is 24. The summed E-state index contributed by atoms with van der Waals surface area (Å²) in [7, 11) is -21.2. The van der Waals surface area contributed by atoms with Gasteiger partial charge in [0.1, 0.15) is 222 Å². The molecule has 6 fully saturated rings. The quantitative estimate of drug-likeness (QED) is 0.0176. The van der Waals surface area contributed by atoms with Crippen LogP contribution in [-0.4, -0.2) is 373 Å². The van der Waals surface area contributed by atoms with E-state index in [1.165, 1.54) is 0 Å². The maximum Gasteiger partial charge on any atom is 0.218 e. The lowest BCUT2D eigenvalue weighted by atomic mass is 9.86. The number of rotatable bonds is 34. The lowest BCUT2D eigenvalue weighted by Crippen LogP contribution is -2.59. The van der Waals surface area contributed by atoms with Crippen molar-refractivity contribution >= 4 is 41.6 Å². The third kappa shape index (κ3) is 28.3. The largest absolute Gasteiger partial charge is 0.726 e.